The van der Waals surface area contributed by atoms with E-state index in [-0.39, 0.29) is 5.91 Å². The summed E-state index contributed by atoms with van der Waals surface area (Å²) in [6, 6.07) is 15.6. The molecule has 4 rings (SSSR count). The zero-order valence-electron chi connectivity index (χ0n) is 15.4. The quantitative estimate of drug-likeness (QED) is 0.776. The summed E-state index contributed by atoms with van der Waals surface area (Å²) in [5.41, 5.74) is 6.68. The number of aryl methyl sites for hydroxylation is 2. The van der Waals surface area contributed by atoms with Crippen molar-refractivity contribution in [1.29, 1.82) is 5.26 Å². The van der Waals surface area contributed by atoms with Gasteiger partial charge in [-0.2, -0.15) is 10.4 Å². The molecule has 2 heterocycles. The first-order chi connectivity index (χ1) is 13.1. The highest BCUT2D eigenvalue weighted by Crippen LogP contribution is 2.30. The van der Waals surface area contributed by atoms with Crippen molar-refractivity contribution in [3.05, 3.63) is 76.5 Å². The molecule has 134 valence electrons. The third kappa shape index (κ3) is 3.11. The number of benzene rings is 2. The molecule has 1 amide bonds. The number of carbonyl (C=O) groups is 1. The Bertz CT molecular complexity index is 1040. The number of hydrogen-bond donors (Lipinski definition) is 1. The fourth-order valence-electron chi connectivity index (χ4n) is 3.51. The number of carbonyl (C=O) groups excluding carboxylic acids is 1. The maximum atomic E-state index is 12.9. The third-order valence-corrected chi connectivity index (χ3v) is 5.26. The smallest absolute Gasteiger partial charge is 0.253 e. The Morgan fingerprint density at radius 2 is 1.89 bits per heavy atom. The SMILES string of the molecule is Cc1ccc(C(=O)N2CC(c3ccc(C#N)cc3)C2)cc1-c1[nH]ncc1C. The van der Waals surface area contributed by atoms with Crippen LogP contribution in [0.15, 0.2) is 48.7 Å². The molecule has 0 saturated carbocycles. The van der Waals surface area contributed by atoms with Gasteiger partial charge in [0.05, 0.1) is 23.5 Å². The Kier molecular flexibility index (Phi) is 4.25. The molecule has 27 heavy (non-hydrogen) atoms. The third-order valence-electron chi connectivity index (χ3n) is 5.26. The van der Waals surface area contributed by atoms with Gasteiger partial charge in [0, 0.05) is 30.1 Å². The molecule has 1 fully saturated rings. The summed E-state index contributed by atoms with van der Waals surface area (Å²) in [4.78, 5) is 14.8. The highest BCUT2D eigenvalue weighted by molar-refractivity contribution is 5.96. The number of nitriles is 1. The van der Waals surface area contributed by atoms with Crippen molar-refractivity contribution in [2.24, 2.45) is 0 Å². The maximum Gasteiger partial charge on any atom is 0.253 e. The van der Waals surface area contributed by atoms with Crippen LogP contribution in [0.25, 0.3) is 11.3 Å². The second kappa shape index (κ2) is 6.73. The zero-order valence-corrected chi connectivity index (χ0v) is 15.4. The molecule has 0 aliphatic carbocycles. The number of H-pyrrole nitrogens is 1. The lowest BCUT2D eigenvalue weighted by atomic mass is 9.90. The van der Waals surface area contributed by atoms with Crippen LogP contribution in [0.1, 0.15) is 38.5 Å². The normalized spacial score (nSPS) is 13.9. The Hall–Kier alpha value is -3.39. The number of amides is 1. The Balaban J connectivity index is 1.50. The van der Waals surface area contributed by atoms with Crippen LogP contribution in [0, 0.1) is 25.2 Å². The van der Waals surface area contributed by atoms with Gasteiger partial charge in [-0.05, 0) is 54.8 Å². The zero-order chi connectivity index (χ0) is 19.0. The molecule has 2 aromatic carbocycles. The van der Waals surface area contributed by atoms with E-state index < -0.39 is 0 Å². The minimum Gasteiger partial charge on any atom is -0.337 e. The second-order valence-corrected chi connectivity index (χ2v) is 7.10. The average Bonchev–Trinajstić information content (AvgIpc) is 3.07. The number of rotatable bonds is 3. The van der Waals surface area contributed by atoms with Crippen LogP contribution in [-0.4, -0.2) is 34.1 Å². The number of nitrogens with zero attached hydrogens (tertiary/aromatic N) is 3. The number of hydrogen-bond acceptors (Lipinski definition) is 3. The van der Waals surface area contributed by atoms with E-state index in [0.717, 1.165) is 22.4 Å². The highest BCUT2D eigenvalue weighted by atomic mass is 16.2. The monoisotopic (exact) mass is 356 g/mol. The molecule has 0 unspecified atom stereocenters. The lowest BCUT2D eigenvalue weighted by molar-refractivity contribution is 0.0602. The van der Waals surface area contributed by atoms with E-state index in [1.54, 1.807) is 6.20 Å². The molecule has 1 aromatic heterocycles. The average molecular weight is 356 g/mol. The minimum atomic E-state index is 0.0540. The number of nitrogens with one attached hydrogen (secondary N) is 1. The van der Waals surface area contributed by atoms with E-state index in [1.807, 2.05) is 61.2 Å². The van der Waals surface area contributed by atoms with E-state index in [2.05, 4.69) is 16.3 Å². The molecule has 1 aliphatic rings. The van der Waals surface area contributed by atoms with Crippen molar-refractivity contribution in [2.45, 2.75) is 19.8 Å². The Morgan fingerprint density at radius 3 is 2.52 bits per heavy atom. The van der Waals surface area contributed by atoms with E-state index in [4.69, 9.17) is 5.26 Å². The first-order valence-corrected chi connectivity index (χ1v) is 8.97. The van der Waals surface area contributed by atoms with E-state index in [1.165, 1.54) is 5.56 Å². The molecule has 1 N–H and O–H groups in total. The van der Waals surface area contributed by atoms with Gasteiger partial charge in [0.2, 0.25) is 0 Å². The largest absolute Gasteiger partial charge is 0.337 e. The van der Waals surface area contributed by atoms with E-state index >= 15 is 0 Å². The lowest BCUT2D eigenvalue weighted by Crippen LogP contribution is -2.48. The molecule has 5 heteroatoms. The fraction of sp³-hybridized carbons (Fsp3) is 0.227. The summed E-state index contributed by atoms with van der Waals surface area (Å²) >= 11 is 0. The van der Waals surface area contributed by atoms with Crippen molar-refractivity contribution >= 4 is 5.91 Å². The first-order valence-electron chi connectivity index (χ1n) is 8.97. The van der Waals surface area contributed by atoms with Gasteiger partial charge in [0.1, 0.15) is 0 Å². The van der Waals surface area contributed by atoms with Crippen molar-refractivity contribution < 1.29 is 4.79 Å². The van der Waals surface area contributed by atoms with Gasteiger partial charge in [0.25, 0.3) is 5.91 Å². The summed E-state index contributed by atoms with van der Waals surface area (Å²) in [5.74, 6) is 0.389. The van der Waals surface area contributed by atoms with Gasteiger partial charge in [0.15, 0.2) is 0 Å². The second-order valence-electron chi connectivity index (χ2n) is 7.10. The molecule has 0 atom stereocenters. The Morgan fingerprint density at radius 1 is 1.15 bits per heavy atom. The van der Waals surface area contributed by atoms with Crippen LogP contribution in [0.4, 0.5) is 0 Å². The lowest BCUT2D eigenvalue weighted by Gasteiger charge is -2.39. The summed E-state index contributed by atoms with van der Waals surface area (Å²) in [7, 11) is 0. The molecule has 0 bridgehead atoms. The van der Waals surface area contributed by atoms with Crippen LogP contribution >= 0.6 is 0 Å². The van der Waals surface area contributed by atoms with Crippen molar-refractivity contribution in [2.75, 3.05) is 13.1 Å². The summed E-state index contributed by atoms with van der Waals surface area (Å²) in [6.07, 6.45) is 1.79. The summed E-state index contributed by atoms with van der Waals surface area (Å²) in [5, 5.41) is 16.0. The highest BCUT2D eigenvalue weighted by Gasteiger charge is 2.32. The predicted octanol–water partition coefficient (Wildman–Crippen LogP) is 3.80. The van der Waals surface area contributed by atoms with Crippen molar-refractivity contribution in [1.82, 2.24) is 15.1 Å². The van der Waals surface area contributed by atoms with Gasteiger partial charge in [-0.3, -0.25) is 9.89 Å². The van der Waals surface area contributed by atoms with Gasteiger partial charge >= 0.3 is 0 Å². The molecule has 0 radical (unpaired) electrons. The number of aromatic amines is 1. The number of aromatic nitrogens is 2. The maximum absolute atomic E-state index is 12.9. The van der Waals surface area contributed by atoms with Crippen molar-refractivity contribution in [3.63, 3.8) is 0 Å². The van der Waals surface area contributed by atoms with Gasteiger partial charge in [-0.1, -0.05) is 18.2 Å². The van der Waals surface area contributed by atoms with Gasteiger partial charge in [-0.25, -0.2) is 0 Å². The topological polar surface area (TPSA) is 72.8 Å². The molecule has 0 spiro atoms. The summed E-state index contributed by atoms with van der Waals surface area (Å²) < 4.78 is 0. The minimum absolute atomic E-state index is 0.0540. The standard InChI is InChI=1S/C22H20N4O/c1-14-3-6-18(9-20(14)21-15(2)11-24-25-21)22(27)26-12-19(13-26)17-7-4-16(10-23)5-8-17/h3-9,11,19H,12-13H2,1-2H3,(H,24,25). The molecular weight excluding hydrogens is 336 g/mol. The van der Waals surface area contributed by atoms with E-state index in [9.17, 15) is 4.79 Å². The van der Waals surface area contributed by atoms with Crippen LogP contribution < -0.4 is 0 Å². The molecule has 1 aliphatic heterocycles. The Labute approximate surface area is 158 Å². The number of likely N-dealkylation sites (tertiary alicyclic amines) is 1. The fourth-order valence-corrected chi connectivity index (χ4v) is 3.51. The summed E-state index contributed by atoms with van der Waals surface area (Å²) in [6.45, 7) is 5.45. The van der Waals surface area contributed by atoms with E-state index in [0.29, 0.717) is 30.1 Å². The molecule has 5 nitrogen and oxygen atoms in total. The first kappa shape index (κ1) is 17.0. The van der Waals surface area contributed by atoms with Crippen LogP contribution in [0.2, 0.25) is 0 Å². The van der Waals surface area contributed by atoms with Crippen LogP contribution in [0.5, 0.6) is 0 Å². The van der Waals surface area contributed by atoms with Crippen LogP contribution in [-0.2, 0) is 0 Å². The molecule has 1 saturated heterocycles. The van der Waals surface area contributed by atoms with Crippen LogP contribution in [0.3, 0.4) is 0 Å². The molecular formula is C22H20N4O. The van der Waals surface area contributed by atoms with Crippen molar-refractivity contribution in [3.8, 4) is 17.3 Å². The molecule has 3 aromatic rings. The van der Waals surface area contributed by atoms with Gasteiger partial charge < -0.3 is 4.90 Å². The van der Waals surface area contributed by atoms with Gasteiger partial charge in [-0.15, -0.1) is 0 Å². The predicted molar refractivity (Wildman–Crippen MR) is 103 cm³/mol.